The molecular formula is C18H14N2O3. The van der Waals surface area contributed by atoms with Crippen molar-refractivity contribution < 1.29 is 14.4 Å². The van der Waals surface area contributed by atoms with Gasteiger partial charge in [-0.25, -0.2) is 9.79 Å². The Bertz CT molecular complexity index is 796. The zero-order valence-corrected chi connectivity index (χ0v) is 12.5. The second-order valence-corrected chi connectivity index (χ2v) is 4.92. The van der Waals surface area contributed by atoms with Crippen molar-refractivity contribution in [2.75, 3.05) is 0 Å². The van der Waals surface area contributed by atoms with Crippen LogP contribution < -0.4 is 0 Å². The van der Waals surface area contributed by atoms with Crippen molar-refractivity contribution >= 4 is 23.8 Å². The van der Waals surface area contributed by atoms with Crippen LogP contribution in [0.25, 0.3) is 6.08 Å². The van der Waals surface area contributed by atoms with Crippen LogP contribution in [0.4, 0.5) is 0 Å². The normalized spacial score (nSPS) is 15.7. The van der Waals surface area contributed by atoms with Gasteiger partial charge in [-0.05, 0) is 11.6 Å². The van der Waals surface area contributed by atoms with E-state index in [0.717, 1.165) is 10.6 Å². The lowest BCUT2D eigenvalue weighted by Crippen LogP contribution is -2.34. The van der Waals surface area contributed by atoms with Crippen LogP contribution in [0.3, 0.4) is 0 Å². The highest BCUT2D eigenvalue weighted by Crippen LogP contribution is 2.22. The summed E-state index contributed by atoms with van der Waals surface area (Å²) in [7, 11) is 0. The molecule has 0 spiro atoms. The first-order chi connectivity index (χ1) is 11.1. The molecule has 1 aliphatic heterocycles. The standard InChI is InChI=1S/C18H14N2O3/c1-13(21)23-20-17(15-10-6-3-7-11-15)19-16(18(20)22)12-14-8-4-2-5-9-14/h2-12H,1H3/b16-12-. The van der Waals surface area contributed by atoms with E-state index < -0.39 is 11.9 Å². The number of benzene rings is 2. The summed E-state index contributed by atoms with van der Waals surface area (Å²) in [5.74, 6) is -0.751. The second kappa shape index (κ2) is 6.27. The highest BCUT2D eigenvalue weighted by molar-refractivity contribution is 6.19. The Morgan fingerprint density at radius 2 is 1.65 bits per heavy atom. The number of rotatable bonds is 3. The highest BCUT2D eigenvalue weighted by atomic mass is 16.7. The van der Waals surface area contributed by atoms with E-state index in [4.69, 9.17) is 4.84 Å². The number of hydrogen-bond donors (Lipinski definition) is 0. The van der Waals surface area contributed by atoms with Gasteiger partial charge in [0.05, 0.1) is 0 Å². The van der Waals surface area contributed by atoms with Crippen molar-refractivity contribution in [1.82, 2.24) is 5.06 Å². The van der Waals surface area contributed by atoms with Gasteiger partial charge in [0.1, 0.15) is 5.70 Å². The number of carbonyl (C=O) groups excluding carboxylic acids is 2. The summed E-state index contributed by atoms with van der Waals surface area (Å²) in [5, 5.41) is 0.937. The third kappa shape index (κ3) is 3.18. The average molecular weight is 306 g/mol. The Hall–Kier alpha value is -3.21. The van der Waals surface area contributed by atoms with E-state index in [-0.39, 0.29) is 5.70 Å². The summed E-state index contributed by atoms with van der Waals surface area (Å²) >= 11 is 0. The molecule has 0 radical (unpaired) electrons. The third-order valence-corrected chi connectivity index (χ3v) is 3.18. The molecule has 2 aromatic rings. The quantitative estimate of drug-likeness (QED) is 0.819. The Labute approximate surface area is 133 Å². The number of carbonyl (C=O) groups is 2. The van der Waals surface area contributed by atoms with Gasteiger partial charge in [0, 0.05) is 12.5 Å². The first-order valence-electron chi connectivity index (χ1n) is 7.09. The maximum absolute atomic E-state index is 12.5. The number of hydroxylamine groups is 2. The molecule has 3 rings (SSSR count). The predicted octanol–water partition coefficient (Wildman–Crippen LogP) is 2.79. The molecule has 5 heteroatoms. The molecule has 0 N–H and O–H groups in total. The van der Waals surface area contributed by atoms with E-state index in [1.807, 2.05) is 48.5 Å². The summed E-state index contributed by atoms with van der Waals surface area (Å²) < 4.78 is 0. The Balaban J connectivity index is 2.03. The largest absolute Gasteiger partial charge is 0.332 e. The molecule has 2 aromatic carbocycles. The number of aliphatic imine (C=N–C) groups is 1. The van der Waals surface area contributed by atoms with Gasteiger partial charge < -0.3 is 4.84 Å². The van der Waals surface area contributed by atoms with E-state index in [1.54, 1.807) is 18.2 Å². The Morgan fingerprint density at radius 3 is 2.26 bits per heavy atom. The van der Waals surface area contributed by atoms with Gasteiger partial charge in [-0.2, -0.15) is 0 Å². The SMILES string of the molecule is CC(=O)ON1C(=O)/C(=C/c2ccccc2)N=C1c1ccccc1. The zero-order chi connectivity index (χ0) is 16.2. The average Bonchev–Trinajstić information content (AvgIpc) is 2.86. The zero-order valence-electron chi connectivity index (χ0n) is 12.5. The second-order valence-electron chi connectivity index (χ2n) is 4.92. The molecule has 1 aliphatic rings. The molecule has 0 fully saturated rings. The van der Waals surface area contributed by atoms with E-state index >= 15 is 0 Å². The number of nitrogens with zero attached hydrogens (tertiary/aromatic N) is 2. The summed E-state index contributed by atoms with van der Waals surface area (Å²) in [6.07, 6.45) is 1.66. The van der Waals surface area contributed by atoms with Crippen LogP contribution in [0.2, 0.25) is 0 Å². The molecule has 0 bridgehead atoms. The topological polar surface area (TPSA) is 59.0 Å². The number of hydrogen-bond acceptors (Lipinski definition) is 4. The van der Waals surface area contributed by atoms with Crippen LogP contribution in [0.1, 0.15) is 18.1 Å². The van der Waals surface area contributed by atoms with Gasteiger partial charge >= 0.3 is 11.9 Å². The van der Waals surface area contributed by atoms with E-state index in [9.17, 15) is 9.59 Å². The molecule has 23 heavy (non-hydrogen) atoms. The minimum Gasteiger partial charge on any atom is -0.332 e. The van der Waals surface area contributed by atoms with Crippen LogP contribution in [0.15, 0.2) is 71.4 Å². The van der Waals surface area contributed by atoms with Crippen molar-refractivity contribution in [3.05, 3.63) is 77.5 Å². The van der Waals surface area contributed by atoms with Crippen LogP contribution >= 0.6 is 0 Å². The molecule has 114 valence electrons. The molecule has 1 amide bonds. The van der Waals surface area contributed by atoms with Crippen molar-refractivity contribution in [3.8, 4) is 0 Å². The first kappa shape index (κ1) is 14.7. The van der Waals surface area contributed by atoms with Crippen molar-refractivity contribution in [1.29, 1.82) is 0 Å². The van der Waals surface area contributed by atoms with Crippen LogP contribution in [0.5, 0.6) is 0 Å². The third-order valence-electron chi connectivity index (χ3n) is 3.18. The Morgan fingerprint density at radius 1 is 1.04 bits per heavy atom. The van der Waals surface area contributed by atoms with Crippen molar-refractivity contribution in [2.45, 2.75) is 6.92 Å². The molecule has 1 heterocycles. The summed E-state index contributed by atoms with van der Waals surface area (Å²) in [6, 6.07) is 18.5. The van der Waals surface area contributed by atoms with Crippen LogP contribution in [-0.4, -0.2) is 22.8 Å². The summed E-state index contributed by atoms with van der Waals surface area (Å²) in [6.45, 7) is 1.24. The van der Waals surface area contributed by atoms with Gasteiger partial charge in [-0.15, -0.1) is 5.06 Å². The van der Waals surface area contributed by atoms with Crippen molar-refractivity contribution in [3.63, 3.8) is 0 Å². The minimum atomic E-state index is -0.581. The molecule has 0 aromatic heterocycles. The van der Waals surface area contributed by atoms with Crippen molar-refractivity contribution in [2.24, 2.45) is 4.99 Å². The minimum absolute atomic E-state index is 0.219. The van der Waals surface area contributed by atoms with Gasteiger partial charge in [0.25, 0.3) is 0 Å². The van der Waals surface area contributed by atoms with Gasteiger partial charge in [0.2, 0.25) is 0 Å². The van der Waals surface area contributed by atoms with E-state index in [0.29, 0.717) is 11.4 Å². The molecular weight excluding hydrogens is 292 g/mol. The van der Waals surface area contributed by atoms with Crippen LogP contribution in [-0.2, 0) is 14.4 Å². The first-order valence-corrected chi connectivity index (χ1v) is 7.09. The van der Waals surface area contributed by atoms with E-state index in [2.05, 4.69) is 4.99 Å². The van der Waals surface area contributed by atoms with Gasteiger partial charge in [-0.1, -0.05) is 60.7 Å². The number of amidine groups is 1. The fourth-order valence-corrected chi connectivity index (χ4v) is 2.19. The maximum Gasteiger partial charge on any atom is 0.330 e. The lowest BCUT2D eigenvalue weighted by molar-refractivity contribution is -0.176. The van der Waals surface area contributed by atoms with Gasteiger partial charge in [-0.3, -0.25) is 4.79 Å². The Kier molecular flexibility index (Phi) is 4.01. The molecule has 5 nitrogen and oxygen atoms in total. The van der Waals surface area contributed by atoms with Gasteiger partial charge in [0.15, 0.2) is 5.84 Å². The smallest absolute Gasteiger partial charge is 0.330 e. The lowest BCUT2D eigenvalue weighted by atomic mass is 10.2. The maximum atomic E-state index is 12.5. The fourth-order valence-electron chi connectivity index (χ4n) is 2.19. The lowest BCUT2D eigenvalue weighted by Gasteiger charge is -2.15. The summed E-state index contributed by atoms with van der Waals surface area (Å²) in [4.78, 5) is 33.2. The molecule has 0 unspecified atom stereocenters. The van der Waals surface area contributed by atoms with Crippen LogP contribution in [0, 0.1) is 0 Å². The summed E-state index contributed by atoms with van der Waals surface area (Å²) in [5.41, 5.74) is 1.76. The fraction of sp³-hybridized carbons (Fsp3) is 0.0556. The predicted molar refractivity (Wildman–Crippen MR) is 86.0 cm³/mol. The highest BCUT2D eigenvalue weighted by Gasteiger charge is 2.34. The molecule has 0 saturated heterocycles. The number of amides is 1. The van der Waals surface area contributed by atoms with E-state index in [1.165, 1.54) is 6.92 Å². The molecule has 0 atom stereocenters. The monoisotopic (exact) mass is 306 g/mol. The molecule has 0 saturated carbocycles. The molecule has 0 aliphatic carbocycles.